The summed E-state index contributed by atoms with van der Waals surface area (Å²) in [5, 5.41) is 1.30. The second-order valence-corrected chi connectivity index (χ2v) is 6.17. The van der Waals surface area contributed by atoms with Crippen molar-refractivity contribution in [2.45, 2.75) is 38.1 Å². The van der Waals surface area contributed by atoms with Gasteiger partial charge in [0.05, 0.1) is 0 Å². The van der Waals surface area contributed by atoms with Gasteiger partial charge >= 0.3 is 0 Å². The van der Waals surface area contributed by atoms with Crippen LogP contribution in [-0.4, -0.2) is 28.4 Å². The van der Waals surface area contributed by atoms with Crippen molar-refractivity contribution in [3.63, 3.8) is 0 Å². The summed E-state index contributed by atoms with van der Waals surface area (Å²) in [5.74, 6) is 0.755. The zero-order chi connectivity index (χ0) is 13.5. The van der Waals surface area contributed by atoms with Crippen LogP contribution in [0.2, 0.25) is 0 Å². The molecule has 1 saturated heterocycles. The predicted octanol–water partition coefficient (Wildman–Crippen LogP) is 3.11. The monoisotopic (exact) mass is 268 g/mol. The molecule has 1 aliphatic heterocycles. The second kappa shape index (κ2) is 4.65. The highest BCUT2D eigenvalue weighted by atomic mass is 16.2. The van der Waals surface area contributed by atoms with Gasteiger partial charge in [0, 0.05) is 35.6 Å². The van der Waals surface area contributed by atoms with E-state index in [0.717, 1.165) is 38.6 Å². The van der Waals surface area contributed by atoms with Crippen LogP contribution < -0.4 is 0 Å². The summed E-state index contributed by atoms with van der Waals surface area (Å²) in [6, 6.07) is 8.83. The second-order valence-electron chi connectivity index (χ2n) is 6.17. The van der Waals surface area contributed by atoms with Crippen LogP contribution >= 0.6 is 0 Å². The number of aromatic amines is 1. The smallest absolute Gasteiger partial charge is 0.225 e. The lowest BCUT2D eigenvalue weighted by Gasteiger charge is -2.24. The molecule has 0 spiro atoms. The molecule has 1 saturated carbocycles. The van der Waals surface area contributed by atoms with Crippen LogP contribution in [-0.2, 0) is 11.2 Å². The van der Waals surface area contributed by atoms with Gasteiger partial charge in [-0.3, -0.25) is 4.79 Å². The van der Waals surface area contributed by atoms with Crippen LogP contribution in [0.4, 0.5) is 0 Å². The van der Waals surface area contributed by atoms with Crippen molar-refractivity contribution >= 4 is 16.8 Å². The molecule has 0 radical (unpaired) electrons. The fourth-order valence-corrected chi connectivity index (χ4v) is 3.46. The zero-order valence-electron chi connectivity index (χ0n) is 11.6. The third-order valence-electron chi connectivity index (χ3n) is 4.72. The molecule has 1 amide bonds. The number of nitrogens with one attached hydrogen (secondary N) is 1. The van der Waals surface area contributed by atoms with E-state index in [-0.39, 0.29) is 0 Å². The number of fused-ring (bicyclic) bond motifs is 1. The van der Waals surface area contributed by atoms with Crippen molar-refractivity contribution in [2.75, 3.05) is 6.54 Å². The molecular weight excluding hydrogens is 248 g/mol. The Balaban J connectivity index is 1.56. The summed E-state index contributed by atoms with van der Waals surface area (Å²) in [4.78, 5) is 17.8. The minimum absolute atomic E-state index is 0.346. The number of hydrogen-bond acceptors (Lipinski definition) is 1. The molecule has 0 bridgehead atoms. The fourth-order valence-electron chi connectivity index (χ4n) is 3.46. The number of carbonyl (C=O) groups excluding carboxylic acids is 1. The minimum atomic E-state index is 0.346. The normalized spacial score (nSPS) is 22.6. The Morgan fingerprint density at radius 1 is 1.25 bits per heavy atom. The average molecular weight is 268 g/mol. The summed E-state index contributed by atoms with van der Waals surface area (Å²) in [5.41, 5.74) is 2.54. The maximum atomic E-state index is 12.3. The van der Waals surface area contributed by atoms with Crippen LogP contribution in [0.1, 0.15) is 31.2 Å². The van der Waals surface area contributed by atoms with Crippen molar-refractivity contribution in [3.8, 4) is 0 Å². The van der Waals surface area contributed by atoms with Crippen molar-refractivity contribution in [1.82, 2.24) is 9.88 Å². The number of para-hydroxylation sites is 1. The Morgan fingerprint density at radius 2 is 2.10 bits per heavy atom. The third kappa shape index (κ3) is 2.01. The maximum Gasteiger partial charge on any atom is 0.225 e. The first-order valence-corrected chi connectivity index (χ1v) is 7.68. The van der Waals surface area contributed by atoms with E-state index < -0.39 is 0 Å². The number of rotatable bonds is 3. The molecule has 4 rings (SSSR count). The van der Waals surface area contributed by atoms with Crippen molar-refractivity contribution in [3.05, 3.63) is 36.0 Å². The Bertz CT molecular complexity index is 641. The van der Waals surface area contributed by atoms with Crippen LogP contribution in [0.5, 0.6) is 0 Å². The number of benzene rings is 1. The largest absolute Gasteiger partial charge is 0.361 e. The lowest BCUT2D eigenvalue weighted by molar-refractivity contribution is -0.133. The van der Waals surface area contributed by atoms with Gasteiger partial charge in [-0.15, -0.1) is 0 Å². The predicted molar refractivity (Wildman–Crippen MR) is 79.5 cm³/mol. The summed E-state index contributed by atoms with van der Waals surface area (Å²) >= 11 is 0. The molecule has 3 nitrogen and oxygen atoms in total. The molecule has 1 aliphatic carbocycles. The SMILES string of the molecule is O=C(C1CC1)N1CCCC1Cc1c[nH]c2ccccc12. The van der Waals surface area contributed by atoms with Crippen molar-refractivity contribution in [1.29, 1.82) is 0 Å². The molecule has 104 valence electrons. The summed E-state index contributed by atoms with van der Waals surface area (Å²) in [7, 11) is 0. The van der Waals surface area contributed by atoms with Crippen LogP contribution in [0.25, 0.3) is 10.9 Å². The van der Waals surface area contributed by atoms with Gasteiger partial charge in [0.2, 0.25) is 5.91 Å². The summed E-state index contributed by atoms with van der Waals surface area (Å²) in [6.07, 6.45) is 7.62. The molecule has 1 unspecified atom stereocenters. The van der Waals surface area contributed by atoms with Gasteiger partial charge in [-0.1, -0.05) is 18.2 Å². The van der Waals surface area contributed by atoms with Gasteiger partial charge < -0.3 is 9.88 Å². The Hall–Kier alpha value is -1.77. The number of H-pyrrole nitrogens is 1. The van der Waals surface area contributed by atoms with E-state index in [4.69, 9.17) is 0 Å². The van der Waals surface area contributed by atoms with Gasteiger partial charge in [-0.05, 0) is 43.7 Å². The first-order valence-electron chi connectivity index (χ1n) is 7.68. The molecule has 3 heteroatoms. The molecular formula is C17H20N2O. The van der Waals surface area contributed by atoms with Crippen molar-refractivity contribution < 1.29 is 4.79 Å². The summed E-state index contributed by atoms with van der Waals surface area (Å²) in [6.45, 7) is 0.961. The quantitative estimate of drug-likeness (QED) is 0.912. The Morgan fingerprint density at radius 3 is 2.95 bits per heavy atom. The number of aromatic nitrogens is 1. The third-order valence-corrected chi connectivity index (χ3v) is 4.72. The lowest BCUT2D eigenvalue weighted by atomic mass is 10.0. The molecule has 2 aliphatic rings. The Kier molecular flexibility index (Phi) is 2.79. The first-order chi connectivity index (χ1) is 9.83. The molecule has 1 atom stereocenters. The first kappa shape index (κ1) is 12.0. The highest BCUT2D eigenvalue weighted by molar-refractivity contribution is 5.84. The number of likely N-dealkylation sites (tertiary alicyclic amines) is 1. The molecule has 2 fully saturated rings. The van der Waals surface area contributed by atoms with E-state index >= 15 is 0 Å². The number of carbonyl (C=O) groups is 1. The standard InChI is InChI=1S/C17H20N2O/c20-17(12-7-8-12)19-9-3-4-14(19)10-13-11-18-16-6-2-1-5-15(13)16/h1-2,5-6,11-12,14,18H,3-4,7-10H2. The van der Waals surface area contributed by atoms with Gasteiger partial charge in [0.25, 0.3) is 0 Å². The number of nitrogens with zero attached hydrogens (tertiary/aromatic N) is 1. The van der Waals surface area contributed by atoms with E-state index in [2.05, 4.69) is 40.3 Å². The van der Waals surface area contributed by atoms with Gasteiger partial charge in [0.1, 0.15) is 0 Å². The molecule has 1 aromatic carbocycles. The average Bonchev–Trinajstić information content (AvgIpc) is 3.10. The summed E-state index contributed by atoms with van der Waals surface area (Å²) < 4.78 is 0. The van der Waals surface area contributed by atoms with E-state index in [1.54, 1.807) is 0 Å². The van der Waals surface area contributed by atoms with E-state index in [1.807, 2.05) is 0 Å². The molecule has 1 aromatic heterocycles. The van der Waals surface area contributed by atoms with Gasteiger partial charge in [-0.2, -0.15) is 0 Å². The highest BCUT2D eigenvalue weighted by Gasteiger charge is 2.38. The van der Waals surface area contributed by atoms with E-state index in [0.29, 0.717) is 17.9 Å². The molecule has 1 N–H and O–H groups in total. The minimum Gasteiger partial charge on any atom is -0.361 e. The molecule has 2 heterocycles. The van der Waals surface area contributed by atoms with Gasteiger partial charge in [-0.25, -0.2) is 0 Å². The fraction of sp³-hybridized carbons (Fsp3) is 0.471. The topological polar surface area (TPSA) is 36.1 Å². The van der Waals surface area contributed by atoms with Crippen LogP contribution in [0, 0.1) is 5.92 Å². The molecule has 2 aromatic rings. The Labute approximate surface area is 119 Å². The van der Waals surface area contributed by atoms with Gasteiger partial charge in [0.15, 0.2) is 0 Å². The van der Waals surface area contributed by atoms with E-state index in [9.17, 15) is 4.79 Å². The lowest BCUT2D eigenvalue weighted by Crippen LogP contribution is -2.37. The number of amides is 1. The van der Waals surface area contributed by atoms with E-state index in [1.165, 1.54) is 16.5 Å². The maximum absolute atomic E-state index is 12.3. The highest BCUT2D eigenvalue weighted by Crippen LogP contribution is 2.34. The van der Waals surface area contributed by atoms with Crippen LogP contribution in [0.3, 0.4) is 0 Å². The zero-order valence-corrected chi connectivity index (χ0v) is 11.6. The van der Waals surface area contributed by atoms with Crippen molar-refractivity contribution in [2.24, 2.45) is 5.92 Å². The van der Waals surface area contributed by atoms with Crippen LogP contribution in [0.15, 0.2) is 30.5 Å². The number of hydrogen-bond donors (Lipinski definition) is 1. The molecule has 20 heavy (non-hydrogen) atoms.